The van der Waals surface area contributed by atoms with Crippen LogP contribution in [-0.4, -0.2) is 17.9 Å². The molecule has 2 unspecified atom stereocenters. The van der Waals surface area contributed by atoms with Crippen LogP contribution in [0.15, 0.2) is 0 Å². The maximum atomic E-state index is 12.4. The summed E-state index contributed by atoms with van der Waals surface area (Å²) in [5.74, 6) is 0.952. The number of fused-ring (bicyclic) bond motifs is 2. The van der Waals surface area contributed by atoms with Gasteiger partial charge in [-0.2, -0.15) is 0 Å². The smallest absolute Gasteiger partial charge is 0.136 e. The zero-order valence-electron chi connectivity index (χ0n) is 15.5. The van der Waals surface area contributed by atoms with Crippen molar-refractivity contribution < 1.29 is 4.79 Å². The van der Waals surface area contributed by atoms with Crippen molar-refractivity contribution in [1.82, 2.24) is 5.32 Å². The molecule has 2 rings (SSSR count). The fourth-order valence-electron chi connectivity index (χ4n) is 4.52. The van der Waals surface area contributed by atoms with E-state index in [1.54, 1.807) is 0 Å². The molecule has 0 saturated carbocycles. The molecule has 1 N–H and O–H groups in total. The number of nitrogens with one attached hydrogen (secondary N) is 1. The summed E-state index contributed by atoms with van der Waals surface area (Å²) in [6.07, 6.45) is 20.5. The van der Waals surface area contributed by atoms with Gasteiger partial charge in [0.2, 0.25) is 0 Å². The third-order valence-corrected chi connectivity index (χ3v) is 5.95. The molecule has 2 fully saturated rings. The first-order valence-electron chi connectivity index (χ1n) is 10.6. The van der Waals surface area contributed by atoms with Crippen molar-refractivity contribution in [1.29, 1.82) is 0 Å². The van der Waals surface area contributed by atoms with Crippen molar-refractivity contribution in [2.45, 2.75) is 122 Å². The molecule has 0 spiro atoms. The fraction of sp³-hybridized carbons (Fsp3) is 0.952. The third kappa shape index (κ3) is 7.37. The molecule has 0 aliphatic carbocycles. The minimum Gasteiger partial charge on any atom is -0.311 e. The molecular formula is C21H39NO. The number of hydrogen-bond donors (Lipinski definition) is 1. The number of Topliss-reactive ketones (excluding diaryl/α,β-unsaturated/α-hetero) is 1. The van der Waals surface area contributed by atoms with Gasteiger partial charge in [0.15, 0.2) is 0 Å². The molecule has 2 saturated heterocycles. The number of unbranched alkanes of at least 4 members (excludes halogenated alkanes) is 9. The molecule has 0 aromatic carbocycles. The zero-order valence-corrected chi connectivity index (χ0v) is 15.5. The average Bonchev–Trinajstić information content (AvgIpc) is 2.56. The number of rotatable bonds is 12. The highest BCUT2D eigenvalue weighted by Crippen LogP contribution is 2.31. The first-order valence-corrected chi connectivity index (χ1v) is 10.6. The van der Waals surface area contributed by atoms with Crippen molar-refractivity contribution in [3.05, 3.63) is 0 Å². The molecule has 0 aromatic rings. The molecule has 2 aliphatic heterocycles. The molecule has 2 aliphatic rings. The van der Waals surface area contributed by atoms with E-state index in [-0.39, 0.29) is 0 Å². The first-order chi connectivity index (χ1) is 11.3. The van der Waals surface area contributed by atoms with Crippen molar-refractivity contribution >= 4 is 5.78 Å². The summed E-state index contributed by atoms with van der Waals surface area (Å²) in [6.45, 7) is 2.28. The number of hydrogen-bond acceptors (Lipinski definition) is 2. The van der Waals surface area contributed by atoms with Gasteiger partial charge in [-0.1, -0.05) is 71.1 Å². The first kappa shape index (κ1) is 19.0. The molecule has 0 aromatic heterocycles. The van der Waals surface area contributed by atoms with Crippen LogP contribution in [0, 0.1) is 5.92 Å². The lowest BCUT2D eigenvalue weighted by atomic mass is 9.77. The highest BCUT2D eigenvalue weighted by atomic mass is 16.1. The average molecular weight is 322 g/mol. The summed E-state index contributed by atoms with van der Waals surface area (Å²) in [5.41, 5.74) is 0. The van der Waals surface area contributed by atoms with Gasteiger partial charge in [-0.25, -0.2) is 0 Å². The Bertz CT molecular complexity index is 316. The van der Waals surface area contributed by atoms with Gasteiger partial charge in [0.05, 0.1) is 0 Å². The third-order valence-electron chi connectivity index (χ3n) is 5.95. The van der Waals surface area contributed by atoms with Gasteiger partial charge >= 0.3 is 0 Å². The Kier molecular flexibility index (Phi) is 9.26. The van der Waals surface area contributed by atoms with Crippen LogP contribution in [-0.2, 0) is 4.79 Å². The maximum Gasteiger partial charge on any atom is 0.136 e. The fourth-order valence-corrected chi connectivity index (χ4v) is 4.52. The quantitative estimate of drug-likeness (QED) is 0.461. The van der Waals surface area contributed by atoms with Crippen LogP contribution >= 0.6 is 0 Å². The Hall–Kier alpha value is -0.370. The minimum atomic E-state index is 0.380. The van der Waals surface area contributed by atoms with Crippen molar-refractivity contribution in [2.75, 3.05) is 0 Å². The largest absolute Gasteiger partial charge is 0.311 e. The molecule has 2 atom stereocenters. The molecule has 134 valence electrons. The van der Waals surface area contributed by atoms with E-state index in [0.29, 0.717) is 23.8 Å². The van der Waals surface area contributed by atoms with E-state index < -0.39 is 0 Å². The highest BCUT2D eigenvalue weighted by Gasteiger charge is 2.33. The van der Waals surface area contributed by atoms with Gasteiger partial charge in [-0.3, -0.25) is 4.79 Å². The monoisotopic (exact) mass is 321 g/mol. The van der Waals surface area contributed by atoms with E-state index in [0.717, 1.165) is 25.7 Å². The van der Waals surface area contributed by atoms with Crippen LogP contribution in [0.5, 0.6) is 0 Å². The van der Waals surface area contributed by atoms with Crippen LogP contribution in [0.3, 0.4) is 0 Å². The van der Waals surface area contributed by atoms with Gasteiger partial charge in [-0.15, -0.1) is 0 Å². The SMILES string of the molecule is CCCCCCCCCCCCC(=O)C1CC2CCCC(C1)N2. The Balaban J connectivity index is 1.44. The van der Waals surface area contributed by atoms with E-state index in [2.05, 4.69) is 12.2 Å². The van der Waals surface area contributed by atoms with Crippen LogP contribution in [0.4, 0.5) is 0 Å². The summed E-state index contributed by atoms with van der Waals surface area (Å²) >= 11 is 0. The second-order valence-corrected chi connectivity index (χ2v) is 8.06. The topological polar surface area (TPSA) is 29.1 Å². The molecule has 2 bridgehead atoms. The number of piperidine rings is 2. The Morgan fingerprint density at radius 2 is 1.35 bits per heavy atom. The minimum absolute atomic E-state index is 0.380. The molecule has 2 heteroatoms. The lowest BCUT2D eigenvalue weighted by molar-refractivity contribution is -0.124. The van der Waals surface area contributed by atoms with Crippen LogP contribution in [0.1, 0.15) is 110 Å². The van der Waals surface area contributed by atoms with E-state index in [1.165, 1.54) is 77.0 Å². The summed E-state index contributed by atoms with van der Waals surface area (Å²) in [5, 5.41) is 3.69. The van der Waals surface area contributed by atoms with Gasteiger partial charge in [0.25, 0.3) is 0 Å². The van der Waals surface area contributed by atoms with Gasteiger partial charge in [0.1, 0.15) is 5.78 Å². The van der Waals surface area contributed by atoms with Crippen LogP contribution in [0.2, 0.25) is 0 Å². The van der Waals surface area contributed by atoms with Crippen LogP contribution < -0.4 is 5.32 Å². The standard InChI is InChI=1S/C21H39NO/c1-2-3-4-5-6-7-8-9-10-11-15-21(23)18-16-19-13-12-14-20(17-18)22-19/h18-20,22H,2-17H2,1H3. The number of carbonyl (C=O) groups excluding carboxylic acids is 1. The lowest BCUT2D eigenvalue weighted by Crippen LogP contribution is -2.50. The van der Waals surface area contributed by atoms with E-state index in [9.17, 15) is 4.79 Å². The van der Waals surface area contributed by atoms with Crippen molar-refractivity contribution in [2.24, 2.45) is 5.92 Å². The van der Waals surface area contributed by atoms with Gasteiger partial charge in [-0.05, 0) is 32.1 Å². The van der Waals surface area contributed by atoms with Gasteiger partial charge in [0, 0.05) is 24.4 Å². The van der Waals surface area contributed by atoms with E-state index in [1.807, 2.05) is 0 Å². The van der Waals surface area contributed by atoms with E-state index >= 15 is 0 Å². The predicted molar refractivity (Wildman–Crippen MR) is 98.8 cm³/mol. The second kappa shape index (κ2) is 11.2. The number of ketones is 1. The molecular weight excluding hydrogens is 282 g/mol. The zero-order chi connectivity index (χ0) is 16.3. The molecule has 0 amide bonds. The summed E-state index contributed by atoms with van der Waals surface area (Å²) in [6, 6.07) is 1.29. The maximum absolute atomic E-state index is 12.4. The molecule has 2 nitrogen and oxygen atoms in total. The summed E-state index contributed by atoms with van der Waals surface area (Å²) in [7, 11) is 0. The summed E-state index contributed by atoms with van der Waals surface area (Å²) < 4.78 is 0. The number of carbonyl (C=O) groups is 1. The Morgan fingerprint density at radius 1 is 0.826 bits per heavy atom. The van der Waals surface area contributed by atoms with Crippen molar-refractivity contribution in [3.8, 4) is 0 Å². The Labute approximate surface area is 144 Å². The molecule has 2 heterocycles. The summed E-state index contributed by atoms with van der Waals surface area (Å²) in [4.78, 5) is 12.4. The second-order valence-electron chi connectivity index (χ2n) is 8.06. The Morgan fingerprint density at radius 3 is 1.91 bits per heavy atom. The molecule has 23 heavy (non-hydrogen) atoms. The highest BCUT2D eigenvalue weighted by molar-refractivity contribution is 5.81. The van der Waals surface area contributed by atoms with Crippen molar-refractivity contribution in [3.63, 3.8) is 0 Å². The van der Waals surface area contributed by atoms with Crippen LogP contribution in [0.25, 0.3) is 0 Å². The lowest BCUT2D eigenvalue weighted by Gasteiger charge is -2.39. The van der Waals surface area contributed by atoms with E-state index in [4.69, 9.17) is 0 Å². The molecule has 0 radical (unpaired) electrons. The van der Waals surface area contributed by atoms with Gasteiger partial charge < -0.3 is 5.32 Å². The predicted octanol–water partition coefficient (Wildman–Crippen LogP) is 5.79. The normalized spacial score (nSPS) is 27.1.